The lowest BCUT2D eigenvalue weighted by Gasteiger charge is -2.16. The lowest BCUT2D eigenvalue weighted by atomic mass is 10.0. The summed E-state index contributed by atoms with van der Waals surface area (Å²) in [4.78, 5) is 1.31. The summed E-state index contributed by atoms with van der Waals surface area (Å²) in [6.07, 6.45) is 1.30. The molecule has 0 bridgehead atoms. The highest BCUT2D eigenvalue weighted by molar-refractivity contribution is 8.00. The van der Waals surface area contributed by atoms with Crippen molar-refractivity contribution in [2.24, 2.45) is 7.05 Å². The SMILES string of the molecule is Cc1cc(CC(O)C2Cc3ccccc3S2)n(C)n1. The van der Waals surface area contributed by atoms with E-state index in [1.165, 1.54) is 10.5 Å². The monoisotopic (exact) mass is 274 g/mol. The Kier molecular flexibility index (Phi) is 3.37. The van der Waals surface area contributed by atoms with E-state index >= 15 is 0 Å². The molecule has 3 nitrogen and oxygen atoms in total. The van der Waals surface area contributed by atoms with Crippen LogP contribution in [0.15, 0.2) is 35.2 Å². The third-order valence-electron chi connectivity index (χ3n) is 3.62. The predicted molar refractivity (Wildman–Crippen MR) is 77.4 cm³/mol. The van der Waals surface area contributed by atoms with Gasteiger partial charge in [-0.1, -0.05) is 18.2 Å². The van der Waals surface area contributed by atoms with Crippen molar-refractivity contribution in [2.75, 3.05) is 0 Å². The van der Waals surface area contributed by atoms with Crippen LogP contribution in [0.25, 0.3) is 0 Å². The van der Waals surface area contributed by atoms with Crippen molar-refractivity contribution >= 4 is 11.8 Å². The van der Waals surface area contributed by atoms with Gasteiger partial charge in [-0.15, -0.1) is 11.8 Å². The zero-order valence-electron chi connectivity index (χ0n) is 11.2. The molecular formula is C15H18N2OS. The molecule has 2 heterocycles. The van der Waals surface area contributed by atoms with Gasteiger partial charge in [0, 0.05) is 29.3 Å². The normalized spacial score (nSPS) is 19.4. The summed E-state index contributed by atoms with van der Waals surface area (Å²) >= 11 is 1.80. The highest BCUT2D eigenvalue weighted by atomic mass is 32.2. The van der Waals surface area contributed by atoms with E-state index < -0.39 is 0 Å². The minimum absolute atomic E-state index is 0.257. The molecule has 1 aromatic carbocycles. The van der Waals surface area contributed by atoms with Gasteiger partial charge in [0.25, 0.3) is 0 Å². The number of aryl methyl sites for hydroxylation is 2. The van der Waals surface area contributed by atoms with Gasteiger partial charge in [-0.05, 0) is 31.0 Å². The molecule has 0 saturated heterocycles. The number of aliphatic hydroxyl groups excluding tert-OH is 1. The van der Waals surface area contributed by atoms with Crippen LogP contribution >= 0.6 is 11.8 Å². The number of nitrogens with zero attached hydrogens (tertiary/aromatic N) is 2. The molecule has 0 aliphatic carbocycles. The van der Waals surface area contributed by atoms with Crippen molar-refractivity contribution in [1.82, 2.24) is 9.78 Å². The molecule has 2 unspecified atom stereocenters. The van der Waals surface area contributed by atoms with Crippen molar-refractivity contribution in [1.29, 1.82) is 0 Å². The zero-order chi connectivity index (χ0) is 13.4. The van der Waals surface area contributed by atoms with E-state index in [2.05, 4.69) is 35.4 Å². The van der Waals surface area contributed by atoms with Gasteiger partial charge in [0.15, 0.2) is 0 Å². The van der Waals surface area contributed by atoms with E-state index in [1.54, 1.807) is 11.8 Å². The molecule has 0 amide bonds. The van der Waals surface area contributed by atoms with Gasteiger partial charge in [0.2, 0.25) is 0 Å². The Morgan fingerprint density at radius 3 is 2.95 bits per heavy atom. The first-order valence-electron chi connectivity index (χ1n) is 6.55. The summed E-state index contributed by atoms with van der Waals surface area (Å²) in [6, 6.07) is 10.5. The second-order valence-corrected chi connectivity index (χ2v) is 6.42. The molecule has 3 rings (SSSR count). The number of benzene rings is 1. The van der Waals surface area contributed by atoms with Crippen LogP contribution in [0.3, 0.4) is 0 Å². The van der Waals surface area contributed by atoms with Crippen molar-refractivity contribution in [3.05, 3.63) is 47.3 Å². The Morgan fingerprint density at radius 2 is 2.26 bits per heavy atom. The Morgan fingerprint density at radius 1 is 1.47 bits per heavy atom. The summed E-state index contributed by atoms with van der Waals surface area (Å²) in [7, 11) is 1.94. The molecule has 100 valence electrons. The lowest BCUT2D eigenvalue weighted by molar-refractivity contribution is 0.170. The number of aromatic nitrogens is 2. The molecule has 1 N–H and O–H groups in total. The second kappa shape index (κ2) is 5.02. The van der Waals surface area contributed by atoms with Crippen LogP contribution < -0.4 is 0 Å². The van der Waals surface area contributed by atoms with E-state index in [-0.39, 0.29) is 11.4 Å². The van der Waals surface area contributed by atoms with Gasteiger partial charge in [0.1, 0.15) is 0 Å². The fourth-order valence-electron chi connectivity index (χ4n) is 2.62. The molecule has 0 saturated carbocycles. The molecule has 0 radical (unpaired) electrons. The maximum absolute atomic E-state index is 10.4. The number of hydrogen-bond acceptors (Lipinski definition) is 3. The summed E-state index contributed by atoms with van der Waals surface area (Å²) in [5.74, 6) is 0. The van der Waals surface area contributed by atoms with Crippen LogP contribution in [-0.4, -0.2) is 26.2 Å². The molecule has 19 heavy (non-hydrogen) atoms. The van der Waals surface area contributed by atoms with Crippen LogP contribution in [0, 0.1) is 6.92 Å². The summed E-state index contributed by atoms with van der Waals surface area (Å²) < 4.78 is 1.87. The van der Waals surface area contributed by atoms with Crippen molar-refractivity contribution in [3.63, 3.8) is 0 Å². The molecule has 2 aromatic rings. The molecule has 1 aliphatic heterocycles. The van der Waals surface area contributed by atoms with Crippen LogP contribution in [-0.2, 0) is 19.9 Å². The number of hydrogen-bond donors (Lipinski definition) is 1. The average Bonchev–Trinajstić information content (AvgIpc) is 2.93. The Labute approximate surface area is 117 Å². The van der Waals surface area contributed by atoms with Gasteiger partial charge in [0.05, 0.1) is 11.8 Å². The van der Waals surface area contributed by atoms with Gasteiger partial charge in [-0.2, -0.15) is 5.10 Å². The first-order chi connectivity index (χ1) is 9.13. The van der Waals surface area contributed by atoms with Gasteiger partial charge in [-0.3, -0.25) is 4.68 Å². The van der Waals surface area contributed by atoms with E-state index in [0.29, 0.717) is 6.42 Å². The molecule has 2 atom stereocenters. The molecular weight excluding hydrogens is 256 g/mol. The maximum atomic E-state index is 10.4. The first-order valence-corrected chi connectivity index (χ1v) is 7.43. The minimum Gasteiger partial charge on any atom is -0.392 e. The Hall–Kier alpha value is -1.26. The fourth-order valence-corrected chi connectivity index (χ4v) is 3.93. The summed E-state index contributed by atoms with van der Waals surface area (Å²) in [5, 5.41) is 15.0. The van der Waals surface area contributed by atoms with Crippen molar-refractivity contribution < 1.29 is 5.11 Å². The van der Waals surface area contributed by atoms with Crippen LogP contribution in [0.4, 0.5) is 0 Å². The fraction of sp³-hybridized carbons (Fsp3) is 0.400. The van der Waals surface area contributed by atoms with E-state index in [0.717, 1.165) is 17.8 Å². The lowest BCUT2D eigenvalue weighted by Crippen LogP contribution is -2.25. The smallest absolute Gasteiger partial charge is 0.0720 e. The van der Waals surface area contributed by atoms with Gasteiger partial charge in [-0.25, -0.2) is 0 Å². The quantitative estimate of drug-likeness (QED) is 0.933. The minimum atomic E-state index is -0.327. The highest BCUT2D eigenvalue weighted by Crippen LogP contribution is 2.38. The van der Waals surface area contributed by atoms with Gasteiger partial charge >= 0.3 is 0 Å². The van der Waals surface area contributed by atoms with Crippen LogP contribution in [0.5, 0.6) is 0 Å². The Bertz CT molecular complexity index is 569. The maximum Gasteiger partial charge on any atom is 0.0720 e. The number of thioether (sulfide) groups is 1. The van der Waals surface area contributed by atoms with Gasteiger partial charge < -0.3 is 5.11 Å². The van der Waals surface area contributed by atoms with E-state index in [4.69, 9.17) is 0 Å². The number of aliphatic hydroxyl groups is 1. The molecule has 4 heteroatoms. The molecule has 0 fully saturated rings. The Balaban J connectivity index is 1.70. The van der Waals surface area contributed by atoms with E-state index in [9.17, 15) is 5.11 Å². The molecule has 1 aliphatic rings. The van der Waals surface area contributed by atoms with Crippen molar-refractivity contribution in [2.45, 2.75) is 36.0 Å². The zero-order valence-corrected chi connectivity index (χ0v) is 12.0. The molecule has 1 aromatic heterocycles. The van der Waals surface area contributed by atoms with Crippen LogP contribution in [0.1, 0.15) is 17.0 Å². The van der Waals surface area contributed by atoms with Crippen LogP contribution in [0.2, 0.25) is 0 Å². The van der Waals surface area contributed by atoms with E-state index in [1.807, 2.05) is 18.7 Å². The topological polar surface area (TPSA) is 38.0 Å². The largest absolute Gasteiger partial charge is 0.392 e. The molecule has 0 spiro atoms. The highest BCUT2D eigenvalue weighted by Gasteiger charge is 2.28. The standard InChI is InChI=1S/C15H18N2OS/c1-10-7-12(17(2)16-10)9-13(18)15-8-11-5-3-4-6-14(11)19-15/h3-7,13,15,18H,8-9H2,1-2H3. The average molecular weight is 274 g/mol. The summed E-state index contributed by atoms with van der Waals surface area (Å²) in [5.41, 5.74) is 3.46. The van der Waals surface area contributed by atoms with Crippen molar-refractivity contribution in [3.8, 4) is 0 Å². The number of rotatable bonds is 3. The second-order valence-electron chi connectivity index (χ2n) is 5.14. The first kappa shape index (κ1) is 12.8. The third kappa shape index (κ3) is 2.55. The number of fused-ring (bicyclic) bond motifs is 1. The summed E-state index contributed by atoms with van der Waals surface area (Å²) in [6.45, 7) is 1.98. The third-order valence-corrected chi connectivity index (χ3v) is 5.05. The predicted octanol–water partition coefficient (Wildman–Crippen LogP) is 2.35.